The standard InChI is InChI=1S/C16H16N4O/c1-10-9-15(20-12(3)8-11(2)19-20)18-16(17-10)13-6-4-5-7-14(13)21/h4-9,21H,1-3H3. The van der Waals surface area contributed by atoms with Crippen LogP contribution in [0.4, 0.5) is 0 Å². The van der Waals surface area contributed by atoms with Crippen LogP contribution in [0, 0.1) is 20.8 Å². The minimum Gasteiger partial charge on any atom is -0.507 e. The number of benzene rings is 1. The van der Waals surface area contributed by atoms with E-state index in [0.29, 0.717) is 17.2 Å². The van der Waals surface area contributed by atoms with Crippen molar-refractivity contribution in [2.24, 2.45) is 0 Å². The van der Waals surface area contributed by atoms with E-state index in [4.69, 9.17) is 0 Å². The minimum absolute atomic E-state index is 0.169. The van der Waals surface area contributed by atoms with Crippen LogP contribution in [-0.4, -0.2) is 24.9 Å². The molecular formula is C16H16N4O. The van der Waals surface area contributed by atoms with E-state index < -0.39 is 0 Å². The minimum atomic E-state index is 0.169. The maximum atomic E-state index is 9.97. The fourth-order valence-electron chi connectivity index (χ4n) is 2.30. The SMILES string of the molecule is Cc1cc(-n2nc(C)cc2C)nc(-c2ccccc2O)n1. The molecule has 2 aromatic heterocycles. The van der Waals surface area contributed by atoms with E-state index in [-0.39, 0.29) is 5.75 Å². The Bertz CT molecular complexity index is 808. The van der Waals surface area contributed by atoms with E-state index in [2.05, 4.69) is 15.1 Å². The Morgan fingerprint density at radius 2 is 1.71 bits per heavy atom. The first-order valence-corrected chi connectivity index (χ1v) is 6.72. The lowest BCUT2D eigenvalue weighted by molar-refractivity contribution is 0.477. The molecule has 0 aliphatic heterocycles. The molecule has 0 amide bonds. The molecule has 3 aromatic rings. The van der Waals surface area contributed by atoms with Crippen LogP contribution in [0.25, 0.3) is 17.2 Å². The van der Waals surface area contributed by atoms with E-state index >= 15 is 0 Å². The number of phenolic OH excluding ortho intramolecular Hbond substituents is 1. The van der Waals surface area contributed by atoms with Gasteiger partial charge in [0.1, 0.15) is 5.75 Å². The molecule has 0 fully saturated rings. The number of aromatic hydroxyl groups is 1. The lowest BCUT2D eigenvalue weighted by Crippen LogP contribution is -2.05. The van der Waals surface area contributed by atoms with Crippen molar-refractivity contribution in [2.75, 3.05) is 0 Å². The highest BCUT2D eigenvalue weighted by Crippen LogP contribution is 2.26. The van der Waals surface area contributed by atoms with Gasteiger partial charge in [-0.1, -0.05) is 12.1 Å². The molecule has 5 heteroatoms. The highest BCUT2D eigenvalue weighted by Gasteiger charge is 2.11. The van der Waals surface area contributed by atoms with Crippen molar-refractivity contribution in [3.63, 3.8) is 0 Å². The first-order valence-electron chi connectivity index (χ1n) is 6.72. The third kappa shape index (κ3) is 2.50. The highest BCUT2D eigenvalue weighted by atomic mass is 16.3. The molecular weight excluding hydrogens is 264 g/mol. The molecule has 0 atom stereocenters. The fraction of sp³-hybridized carbons (Fsp3) is 0.188. The summed E-state index contributed by atoms with van der Waals surface area (Å²) >= 11 is 0. The van der Waals surface area contributed by atoms with E-state index in [9.17, 15) is 5.11 Å². The number of nitrogens with zero attached hydrogens (tertiary/aromatic N) is 4. The molecule has 1 aromatic carbocycles. The Morgan fingerprint density at radius 3 is 2.38 bits per heavy atom. The summed E-state index contributed by atoms with van der Waals surface area (Å²) in [6, 6.07) is 10.9. The first-order chi connectivity index (χ1) is 10.0. The van der Waals surface area contributed by atoms with Crippen LogP contribution in [0.3, 0.4) is 0 Å². The van der Waals surface area contributed by atoms with Crippen LogP contribution in [-0.2, 0) is 0 Å². The van der Waals surface area contributed by atoms with E-state index in [1.54, 1.807) is 22.9 Å². The van der Waals surface area contributed by atoms with Crippen molar-refractivity contribution in [1.82, 2.24) is 19.7 Å². The van der Waals surface area contributed by atoms with Gasteiger partial charge < -0.3 is 5.11 Å². The van der Waals surface area contributed by atoms with Crippen molar-refractivity contribution in [3.05, 3.63) is 53.5 Å². The molecule has 3 rings (SSSR count). The Kier molecular flexibility index (Phi) is 3.17. The van der Waals surface area contributed by atoms with Crippen molar-refractivity contribution < 1.29 is 5.11 Å². The van der Waals surface area contributed by atoms with Gasteiger partial charge in [0.05, 0.1) is 11.3 Å². The first kappa shape index (κ1) is 13.3. The summed E-state index contributed by atoms with van der Waals surface area (Å²) in [6.07, 6.45) is 0. The average Bonchev–Trinajstić information content (AvgIpc) is 2.77. The zero-order valence-electron chi connectivity index (χ0n) is 12.2. The van der Waals surface area contributed by atoms with Crippen LogP contribution >= 0.6 is 0 Å². The van der Waals surface area contributed by atoms with Crippen molar-refractivity contribution in [3.8, 4) is 23.0 Å². The molecule has 1 N–H and O–H groups in total. The van der Waals surface area contributed by atoms with Gasteiger partial charge in [0.15, 0.2) is 11.6 Å². The number of para-hydroxylation sites is 1. The zero-order chi connectivity index (χ0) is 15.0. The van der Waals surface area contributed by atoms with Crippen LogP contribution in [0.15, 0.2) is 36.4 Å². The lowest BCUT2D eigenvalue weighted by atomic mass is 10.2. The summed E-state index contributed by atoms with van der Waals surface area (Å²) in [6.45, 7) is 5.83. The quantitative estimate of drug-likeness (QED) is 0.784. The molecule has 0 saturated heterocycles. The van der Waals surface area contributed by atoms with Crippen molar-refractivity contribution in [1.29, 1.82) is 0 Å². The second-order valence-corrected chi connectivity index (χ2v) is 5.05. The van der Waals surface area contributed by atoms with Gasteiger partial charge in [0.2, 0.25) is 0 Å². The summed E-state index contributed by atoms with van der Waals surface area (Å²) in [7, 11) is 0. The van der Waals surface area contributed by atoms with E-state index in [0.717, 1.165) is 17.1 Å². The fourth-order valence-corrected chi connectivity index (χ4v) is 2.30. The molecule has 0 aliphatic rings. The largest absolute Gasteiger partial charge is 0.507 e. The number of aromatic nitrogens is 4. The maximum absolute atomic E-state index is 9.97. The Morgan fingerprint density at radius 1 is 0.952 bits per heavy atom. The second kappa shape index (κ2) is 5.01. The molecule has 21 heavy (non-hydrogen) atoms. The van der Waals surface area contributed by atoms with Gasteiger partial charge >= 0.3 is 0 Å². The van der Waals surface area contributed by atoms with E-state index in [1.165, 1.54) is 0 Å². The third-order valence-corrected chi connectivity index (χ3v) is 3.21. The third-order valence-electron chi connectivity index (χ3n) is 3.21. The van der Waals surface area contributed by atoms with Gasteiger partial charge in [-0.2, -0.15) is 5.10 Å². The molecule has 106 valence electrons. The van der Waals surface area contributed by atoms with Gasteiger partial charge in [0.25, 0.3) is 0 Å². The normalized spacial score (nSPS) is 10.8. The molecule has 0 unspecified atom stereocenters. The molecule has 0 aliphatic carbocycles. The Labute approximate surface area is 122 Å². The van der Waals surface area contributed by atoms with Crippen LogP contribution in [0.2, 0.25) is 0 Å². The molecule has 0 bridgehead atoms. The highest BCUT2D eigenvalue weighted by molar-refractivity contribution is 5.64. The van der Waals surface area contributed by atoms with Gasteiger partial charge in [-0.25, -0.2) is 14.6 Å². The van der Waals surface area contributed by atoms with E-state index in [1.807, 2.05) is 39.0 Å². The van der Waals surface area contributed by atoms with Crippen molar-refractivity contribution in [2.45, 2.75) is 20.8 Å². The number of aryl methyl sites for hydroxylation is 3. The summed E-state index contributed by atoms with van der Waals surface area (Å²) in [5.74, 6) is 1.37. The van der Waals surface area contributed by atoms with Crippen LogP contribution in [0.5, 0.6) is 5.75 Å². The summed E-state index contributed by atoms with van der Waals surface area (Å²) < 4.78 is 1.79. The number of hydrogen-bond acceptors (Lipinski definition) is 4. The smallest absolute Gasteiger partial charge is 0.165 e. The van der Waals surface area contributed by atoms with Gasteiger partial charge in [-0.3, -0.25) is 0 Å². The topological polar surface area (TPSA) is 63.8 Å². The monoisotopic (exact) mass is 280 g/mol. The van der Waals surface area contributed by atoms with Crippen LogP contribution < -0.4 is 0 Å². The molecule has 0 spiro atoms. The summed E-state index contributed by atoms with van der Waals surface area (Å²) in [5.41, 5.74) is 3.39. The predicted molar refractivity (Wildman–Crippen MR) is 80.5 cm³/mol. The lowest BCUT2D eigenvalue weighted by Gasteiger charge is -2.08. The predicted octanol–water partition coefficient (Wildman–Crippen LogP) is 2.96. The van der Waals surface area contributed by atoms with Crippen LogP contribution in [0.1, 0.15) is 17.1 Å². The Balaban J connectivity index is 2.17. The number of phenols is 1. The Hall–Kier alpha value is -2.69. The molecule has 0 saturated carbocycles. The molecule has 5 nitrogen and oxygen atoms in total. The van der Waals surface area contributed by atoms with Gasteiger partial charge in [0, 0.05) is 17.5 Å². The second-order valence-electron chi connectivity index (χ2n) is 5.05. The number of rotatable bonds is 2. The summed E-state index contributed by atoms with van der Waals surface area (Å²) in [5, 5.41) is 14.4. The van der Waals surface area contributed by atoms with Crippen molar-refractivity contribution >= 4 is 0 Å². The maximum Gasteiger partial charge on any atom is 0.165 e. The molecule has 0 radical (unpaired) electrons. The molecule has 2 heterocycles. The van der Waals surface area contributed by atoms with Gasteiger partial charge in [-0.05, 0) is 39.0 Å². The summed E-state index contributed by atoms with van der Waals surface area (Å²) in [4.78, 5) is 8.95. The average molecular weight is 280 g/mol. The van der Waals surface area contributed by atoms with Gasteiger partial charge in [-0.15, -0.1) is 0 Å². The number of hydrogen-bond donors (Lipinski definition) is 1. The zero-order valence-corrected chi connectivity index (χ0v) is 12.2.